The Morgan fingerprint density at radius 1 is 1.56 bits per heavy atom. The molecule has 0 radical (unpaired) electrons. The van der Waals surface area contributed by atoms with Gasteiger partial charge in [-0.15, -0.1) is 0 Å². The molecule has 6 heteroatoms. The summed E-state index contributed by atoms with van der Waals surface area (Å²) in [5.41, 5.74) is 8.03. The Labute approximate surface area is 108 Å². The lowest BCUT2D eigenvalue weighted by atomic mass is 10.3. The van der Waals surface area contributed by atoms with Crippen molar-refractivity contribution in [1.29, 1.82) is 0 Å². The smallest absolute Gasteiger partial charge is 0.138 e. The SMILES string of the molecule is CC(O)c1nc2cc(N)ccc2n1CCS(C)=O. The fourth-order valence-corrected chi connectivity index (χ4v) is 2.38. The summed E-state index contributed by atoms with van der Waals surface area (Å²) in [5.74, 6) is 1.12. The Balaban J connectivity index is 2.52. The highest BCUT2D eigenvalue weighted by atomic mass is 32.2. The maximum atomic E-state index is 11.2. The van der Waals surface area contributed by atoms with Crippen molar-refractivity contribution in [3.05, 3.63) is 24.0 Å². The van der Waals surface area contributed by atoms with E-state index < -0.39 is 16.9 Å². The maximum Gasteiger partial charge on any atom is 0.138 e. The van der Waals surface area contributed by atoms with Crippen LogP contribution in [0.1, 0.15) is 18.9 Å². The van der Waals surface area contributed by atoms with Crippen LogP contribution in [0, 0.1) is 0 Å². The molecular formula is C12H17N3O2S. The van der Waals surface area contributed by atoms with Crippen LogP contribution in [0.5, 0.6) is 0 Å². The average molecular weight is 267 g/mol. The molecule has 5 nitrogen and oxygen atoms in total. The van der Waals surface area contributed by atoms with E-state index in [0.29, 0.717) is 23.8 Å². The zero-order valence-electron chi connectivity index (χ0n) is 10.5. The molecule has 0 aliphatic carbocycles. The molecule has 1 aromatic heterocycles. The van der Waals surface area contributed by atoms with Gasteiger partial charge in [0.1, 0.15) is 11.9 Å². The van der Waals surface area contributed by atoms with Crippen molar-refractivity contribution in [2.24, 2.45) is 0 Å². The molecule has 2 atom stereocenters. The minimum Gasteiger partial charge on any atom is -0.399 e. The van der Waals surface area contributed by atoms with Crippen LogP contribution >= 0.6 is 0 Å². The number of aliphatic hydroxyl groups excluding tert-OH is 1. The van der Waals surface area contributed by atoms with Crippen LogP contribution in [0.3, 0.4) is 0 Å². The van der Waals surface area contributed by atoms with Crippen LogP contribution < -0.4 is 5.73 Å². The number of nitrogens with zero attached hydrogens (tertiary/aromatic N) is 2. The highest BCUT2D eigenvalue weighted by molar-refractivity contribution is 7.84. The van der Waals surface area contributed by atoms with Gasteiger partial charge in [-0.25, -0.2) is 4.98 Å². The number of nitrogens with two attached hydrogens (primary N) is 1. The zero-order valence-corrected chi connectivity index (χ0v) is 11.3. The molecule has 0 spiro atoms. The van der Waals surface area contributed by atoms with Crippen LogP contribution in [0.2, 0.25) is 0 Å². The van der Waals surface area contributed by atoms with E-state index in [0.717, 1.165) is 11.0 Å². The molecule has 3 N–H and O–H groups in total. The molecule has 0 aliphatic heterocycles. The molecule has 18 heavy (non-hydrogen) atoms. The van der Waals surface area contributed by atoms with Crippen molar-refractivity contribution < 1.29 is 9.32 Å². The van der Waals surface area contributed by atoms with Crippen LogP contribution in [0.4, 0.5) is 5.69 Å². The Kier molecular flexibility index (Phi) is 3.68. The second-order valence-electron chi connectivity index (χ2n) is 4.32. The van der Waals surface area contributed by atoms with E-state index in [1.807, 2.05) is 10.6 Å². The zero-order chi connectivity index (χ0) is 13.3. The molecule has 0 saturated carbocycles. The number of imidazole rings is 1. The average Bonchev–Trinajstić information content (AvgIpc) is 2.64. The van der Waals surface area contributed by atoms with Gasteiger partial charge in [0, 0.05) is 35.0 Å². The van der Waals surface area contributed by atoms with Crippen LogP contribution in [-0.2, 0) is 17.3 Å². The number of aromatic nitrogens is 2. The molecule has 0 aliphatic rings. The second kappa shape index (κ2) is 5.07. The minimum absolute atomic E-state index is 0.537. The van der Waals surface area contributed by atoms with Gasteiger partial charge in [-0.05, 0) is 25.1 Å². The lowest BCUT2D eigenvalue weighted by molar-refractivity contribution is 0.185. The van der Waals surface area contributed by atoms with E-state index in [1.54, 1.807) is 25.3 Å². The monoisotopic (exact) mass is 267 g/mol. The van der Waals surface area contributed by atoms with Crippen molar-refractivity contribution >= 4 is 27.5 Å². The number of hydrogen-bond donors (Lipinski definition) is 2. The summed E-state index contributed by atoms with van der Waals surface area (Å²) >= 11 is 0. The third-order valence-corrected chi connectivity index (χ3v) is 3.54. The molecule has 2 unspecified atom stereocenters. The summed E-state index contributed by atoms with van der Waals surface area (Å²) in [6.45, 7) is 2.24. The topological polar surface area (TPSA) is 81.1 Å². The van der Waals surface area contributed by atoms with E-state index >= 15 is 0 Å². The van der Waals surface area contributed by atoms with Crippen molar-refractivity contribution in [2.45, 2.75) is 19.6 Å². The number of fused-ring (bicyclic) bond motifs is 1. The van der Waals surface area contributed by atoms with Gasteiger partial charge in [-0.1, -0.05) is 0 Å². The first-order chi connectivity index (χ1) is 8.49. The Morgan fingerprint density at radius 2 is 2.28 bits per heavy atom. The summed E-state index contributed by atoms with van der Waals surface area (Å²) in [6.07, 6.45) is 1.00. The van der Waals surface area contributed by atoms with Crippen LogP contribution in [0.15, 0.2) is 18.2 Å². The van der Waals surface area contributed by atoms with Crippen LogP contribution in [-0.4, -0.2) is 30.9 Å². The van der Waals surface area contributed by atoms with Gasteiger partial charge in [0.25, 0.3) is 0 Å². The van der Waals surface area contributed by atoms with Crippen molar-refractivity contribution in [3.8, 4) is 0 Å². The van der Waals surface area contributed by atoms with E-state index in [1.165, 1.54) is 0 Å². The Hall–Kier alpha value is -1.40. The third kappa shape index (κ3) is 2.54. The van der Waals surface area contributed by atoms with Gasteiger partial charge in [0.15, 0.2) is 0 Å². The molecule has 2 aromatic rings. The summed E-state index contributed by atoms with van der Waals surface area (Å²) in [7, 11) is -0.874. The van der Waals surface area contributed by atoms with Gasteiger partial charge < -0.3 is 15.4 Å². The molecule has 0 fully saturated rings. The number of rotatable bonds is 4. The van der Waals surface area contributed by atoms with E-state index in [4.69, 9.17) is 5.73 Å². The predicted molar refractivity (Wildman–Crippen MR) is 73.7 cm³/mol. The van der Waals surface area contributed by atoms with Crippen LogP contribution in [0.25, 0.3) is 11.0 Å². The van der Waals surface area contributed by atoms with Crippen molar-refractivity contribution in [1.82, 2.24) is 9.55 Å². The van der Waals surface area contributed by atoms with Crippen molar-refractivity contribution in [2.75, 3.05) is 17.7 Å². The van der Waals surface area contributed by atoms with E-state index in [-0.39, 0.29) is 0 Å². The number of benzene rings is 1. The van der Waals surface area contributed by atoms with Gasteiger partial charge in [-0.3, -0.25) is 4.21 Å². The molecule has 98 valence electrons. The number of aryl methyl sites for hydroxylation is 1. The molecule has 0 amide bonds. The standard InChI is InChI=1S/C12H17N3O2S/c1-8(16)12-14-10-7-9(13)3-4-11(10)15(12)5-6-18(2)17/h3-4,7-8,16H,5-6,13H2,1-2H3. The Morgan fingerprint density at radius 3 is 2.89 bits per heavy atom. The number of nitrogen functional groups attached to an aromatic ring is 1. The quantitative estimate of drug-likeness (QED) is 0.811. The molecule has 2 rings (SSSR count). The maximum absolute atomic E-state index is 11.2. The molecule has 1 aromatic carbocycles. The van der Waals surface area contributed by atoms with Crippen molar-refractivity contribution in [3.63, 3.8) is 0 Å². The number of aliphatic hydroxyl groups is 1. The van der Waals surface area contributed by atoms with Gasteiger partial charge >= 0.3 is 0 Å². The largest absolute Gasteiger partial charge is 0.399 e. The highest BCUT2D eigenvalue weighted by Crippen LogP contribution is 2.22. The molecule has 1 heterocycles. The lowest BCUT2D eigenvalue weighted by Crippen LogP contribution is -2.11. The predicted octanol–water partition coefficient (Wildman–Crippen LogP) is 1.05. The second-order valence-corrected chi connectivity index (χ2v) is 5.88. The van der Waals surface area contributed by atoms with Gasteiger partial charge in [-0.2, -0.15) is 0 Å². The minimum atomic E-state index is -0.874. The summed E-state index contributed by atoms with van der Waals surface area (Å²) in [4.78, 5) is 4.38. The summed E-state index contributed by atoms with van der Waals surface area (Å²) < 4.78 is 13.1. The Bertz CT molecular complexity index is 592. The first-order valence-electron chi connectivity index (χ1n) is 5.73. The fourth-order valence-electron chi connectivity index (χ4n) is 1.94. The first kappa shape index (κ1) is 13.0. The number of anilines is 1. The summed E-state index contributed by atoms with van der Waals surface area (Å²) in [6, 6.07) is 5.46. The fraction of sp³-hybridized carbons (Fsp3) is 0.417. The number of hydrogen-bond acceptors (Lipinski definition) is 4. The lowest BCUT2D eigenvalue weighted by Gasteiger charge is -2.09. The highest BCUT2D eigenvalue weighted by Gasteiger charge is 2.14. The first-order valence-corrected chi connectivity index (χ1v) is 7.45. The van der Waals surface area contributed by atoms with E-state index in [9.17, 15) is 9.32 Å². The molecule has 0 bridgehead atoms. The third-order valence-electron chi connectivity index (χ3n) is 2.78. The normalized spacial score (nSPS) is 14.8. The van der Waals surface area contributed by atoms with Gasteiger partial charge in [0.05, 0.1) is 11.0 Å². The van der Waals surface area contributed by atoms with Gasteiger partial charge in [0.2, 0.25) is 0 Å². The molecule has 0 saturated heterocycles. The van der Waals surface area contributed by atoms with E-state index in [2.05, 4.69) is 4.98 Å². The summed E-state index contributed by atoms with van der Waals surface area (Å²) in [5, 5.41) is 9.75. The molecular weight excluding hydrogens is 250 g/mol.